The lowest BCUT2D eigenvalue weighted by Gasteiger charge is -2.23. The van der Waals surface area contributed by atoms with Gasteiger partial charge in [-0.25, -0.2) is 16.8 Å². The van der Waals surface area contributed by atoms with Gasteiger partial charge in [0.05, 0.1) is 16.4 Å². The van der Waals surface area contributed by atoms with Crippen LogP contribution in [-0.2, 0) is 34.2 Å². The summed E-state index contributed by atoms with van der Waals surface area (Å²) in [6, 6.07) is 4.88. The normalized spacial score (nSPS) is 24.3. The van der Waals surface area contributed by atoms with Gasteiger partial charge in [-0.2, -0.15) is 4.31 Å². The Hall–Kier alpha value is -1.98. The number of sulfonamides is 1. The third kappa shape index (κ3) is 5.14. The van der Waals surface area contributed by atoms with E-state index in [0.717, 1.165) is 9.87 Å². The number of esters is 1. The van der Waals surface area contributed by atoms with E-state index < -0.39 is 50.4 Å². The fourth-order valence-corrected chi connectivity index (χ4v) is 6.84. The Balaban J connectivity index is 1.58. The maximum absolute atomic E-state index is 12.9. The van der Waals surface area contributed by atoms with Gasteiger partial charge >= 0.3 is 5.97 Å². The molecule has 1 N–H and O–H groups in total. The fraction of sp³-hybridized carbons (Fsp3) is 0.556. The molecule has 0 spiro atoms. The minimum atomic E-state index is -3.85. The molecule has 2 heterocycles. The number of amides is 1. The molecule has 160 valence electrons. The zero-order valence-corrected chi connectivity index (χ0v) is 17.7. The number of carbonyl (C=O) groups excluding carboxylic acids is 2. The van der Waals surface area contributed by atoms with Crippen molar-refractivity contribution in [2.24, 2.45) is 0 Å². The second-order valence-electron chi connectivity index (χ2n) is 7.36. The zero-order valence-electron chi connectivity index (χ0n) is 16.0. The van der Waals surface area contributed by atoms with Gasteiger partial charge in [-0.3, -0.25) is 9.59 Å². The number of rotatable bonds is 6. The summed E-state index contributed by atoms with van der Waals surface area (Å²) in [7, 11) is -6.99. The Morgan fingerprint density at radius 1 is 1.21 bits per heavy atom. The Kier molecular flexibility index (Phi) is 6.30. The first kappa shape index (κ1) is 21.7. The van der Waals surface area contributed by atoms with E-state index in [1.54, 1.807) is 12.1 Å². The van der Waals surface area contributed by atoms with Crippen molar-refractivity contribution in [3.05, 3.63) is 29.8 Å². The first-order chi connectivity index (χ1) is 13.6. The van der Waals surface area contributed by atoms with Gasteiger partial charge in [0.2, 0.25) is 10.0 Å². The Labute approximate surface area is 170 Å². The Morgan fingerprint density at radius 2 is 1.90 bits per heavy atom. The van der Waals surface area contributed by atoms with Gasteiger partial charge in [0.15, 0.2) is 16.4 Å². The summed E-state index contributed by atoms with van der Waals surface area (Å²) < 4.78 is 54.7. The van der Waals surface area contributed by atoms with E-state index in [0.29, 0.717) is 19.3 Å². The Bertz CT molecular complexity index is 988. The van der Waals surface area contributed by atoms with E-state index in [2.05, 4.69) is 5.32 Å². The summed E-state index contributed by atoms with van der Waals surface area (Å²) in [5.41, 5.74) is 0.919. The summed E-state index contributed by atoms with van der Waals surface area (Å²) in [6.45, 7) is 1.46. The number of carbonyl (C=O) groups is 2. The number of nitrogens with one attached hydrogen (secondary N) is 1. The fourth-order valence-electron chi connectivity index (χ4n) is 3.52. The largest absolute Gasteiger partial charge is 0.454 e. The van der Waals surface area contributed by atoms with Gasteiger partial charge in [0, 0.05) is 12.6 Å². The molecule has 3 rings (SSSR count). The highest BCUT2D eigenvalue weighted by atomic mass is 32.2. The van der Waals surface area contributed by atoms with Crippen LogP contribution in [0.5, 0.6) is 0 Å². The molecule has 0 saturated carbocycles. The van der Waals surface area contributed by atoms with Crippen molar-refractivity contribution >= 4 is 31.7 Å². The van der Waals surface area contributed by atoms with Crippen molar-refractivity contribution in [1.29, 1.82) is 0 Å². The average Bonchev–Trinajstić information content (AvgIpc) is 3.27. The molecule has 2 aliphatic heterocycles. The van der Waals surface area contributed by atoms with Crippen molar-refractivity contribution in [1.82, 2.24) is 9.62 Å². The molecular weight excluding hydrogens is 420 g/mol. The number of benzene rings is 1. The molecule has 1 aromatic carbocycles. The van der Waals surface area contributed by atoms with Crippen LogP contribution in [0.1, 0.15) is 24.8 Å². The highest BCUT2D eigenvalue weighted by Crippen LogP contribution is 2.27. The SMILES string of the molecule is Cc1ccc(S(=O)(=O)N2CCCC2C(=O)OCC(=O)NC2CCS(=O)(=O)C2)cc1. The number of hydrogen-bond donors (Lipinski definition) is 1. The molecule has 0 aromatic heterocycles. The van der Waals surface area contributed by atoms with Crippen LogP contribution >= 0.6 is 0 Å². The molecule has 2 aliphatic rings. The van der Waals surface area contributed by atoms with E-state index in [1.165, 1.54) is 12.1 Å². The first-order valence-electron chi connectivity index (χ1n) is 9.33. The third-order valence-corrected chi connectivity index (χ3v) is 8.74. The maximum atomic E-state index is 12.9. The van der Waals surface area contributed by atoms with E-state index in [4.69, 9.17) is 4.74 Å². The molecule has 0 aliphatic carbocycles. The van der Waals surface area contributed by atoms with Crippen LogP contribution in [0.3, 0.4) is 0 Å². The van der Waals surface area contributed by atoms with Crippen LogP contribution in [0.2, 0.25) is 0 Å². The topological polar surface area (TPSA) is 127 Å². The van der Waals surface area contributed by atoms with Gasteiger partial charge in [-0.1, -0.05) is 17.7 Å². The molecule has 0 bridgehead atoms. The number of ether oxygens (including phenoxy) is 1. The van der Waals surface area contributed by atoms with Crippen LogP contribution < -0.4 is 5.32 Å². The lowest BCUT2D eigenvalue weighted by atomic mass is 10.2. The number of nitrogens with zero attached hydrogens (tertiary/aromatic N) is 1. The van der Waals surface area contributed by atoms with Crippen molar-refractivity contribution in [2.45, 2.75) is 43.2 Å². The molecule has 2 saturated heterocycles. The van der Waals surface area contributed by atoms with Gasteiger partial charge in [-0.15, -0.1) is 0 Å². The summed E-state index contributed by atoms with van der Waals surface area (Å²) in [5.74, 6) is -1.50. The van der Waals surface area contributed by atoms with Crippen LogP contribution in [-0.4, -0.2) is 69.8 Å². The van der Waals surface area contributed by atoms with Crippen molar-refractivity contribution < 1.29 is 31.2 Å². The zero-order chi connectivity index (χ0) is 21.2. The minimum Gasteiger partial charge on any atom is -0.454 e. The van der Waals surface area contributed by atoms with Gasteiger partial charge in [0.25, 0.3) is 5.91 Å². The van der Waals surface area contributed by atoms with Crippen LogP contribution in [0.25, 0.3) is 0 Å². The van der Waals surface area contributed by atoms with Crippen molar-refractivity contribution in [3.63, 3.8) is 0 Å². The summed E-state index contributed by atoms with van der Waals surface area (Å²) in [6.07, 6.45) is 1.15. The maximum Gasteiger partial charge on any atom is 0.324 e. The number of aryl methyl sites for hydroxylation is 1. The molecule has 2 fully saturated rings. The number of hydrogen-bond acceptors (Lipinski definition) is 7. The van der Waals surface area contributed by atoms with Gasteiger partial charge < -0.3 is 10.1 Å². The summed E-state index contributed by atoms with van der Waals surface area (Å²) >= 11 is 0. The molecule has 11 heteroatoms. The van der Waals surface area contributed by atoms with Crippen molar-refractivity contribution in [2.75, 3.05) is 24.7 Å². The predicted molar refractivity (Wildman–Crippen MR) is 104 cm³/mol. The van der Waals surface area contributed by atoms with Crippen LogP contribution in [0.15, 0.2) is 29.2 Å². The molecule has 9 nitrogen and oxygen atoms in total. The molecule has 1 amide bonds. The predicted octanol–water partition coefficient (Wildman–Crippen LogP) is -0.00538. The van der Waals surface area contributed by atoms with E-state index >= 15 is 0 Å². The molecule has 29 heavy (non-hydrogen) atoms. The van der Waals surface area contributed by atoms with E-state index in [9.17, 15) is 26.4 Å². The highest BCUT2D eigenvalue weighted by Gasteiger charge is 2.40. The van der Waals surface area contributed by atoms with Gasteiger partial charge in [-0.05, 0) is 38.3 Å². The molecule has 0 radical (unpaired) electrons. The summed E-state index contributed by atoms with van der Waals surface area (Å²) in [4.78, 5) is 24.5. The van der Waals surface area contributed by atoms with Crippen LogP contribution in [0.4, 0.5) is 0 Å². The first-order valence-corrected chi connectivity index (χ1v) is 12.6. The van der Waals surface area contributed by atoms with Gasteiger partial charge in [0.1, 0.15) is 6.04 Å². The van der Waals surface area contributed by atoms with E-state index in [1.807, 2.05) is 6.92 Å². The van der Waals surface area contributed by atoms with E-state index in [-0.39, 0.29) is 22.9 Å². The second kappa shape index (κ2) is 8.41. The second-order valence-corrected chi connectivity index (χ2v) is 11.5. The summed E-state index contributed by atoms with van der Waals surface area (Å²) in [5, 5.41) is 2.53. The van der Waals surface area contributed by atoms with Crippen molar-refractivity contribution in [3.8, 4) is 0 Å². The highest BCUT2D eigenvalue weighted by molar-refractivity contribution is 7.91. The Morgan fingerprint density at radius 3 is 2.52 bits per heavy atom. The average molecular weight is 445 g/mol. The number of sulfone groups is 1. The third-order valence-electron chi connectivity index (χ3n) is 5.05. The smallest absolute Gasteiger partial charge is 0.324 e. The standard InChI is InChI=1S/C18H24N2O7S2/c1-13-4-6-15(7-5-13)29(25,26)20-9-2-3-16(20)18(22)27-11-17(21)19-14-8-10-28(23,24)12-14/h4-7,14,16H,2-3,8-12H2,1H3,(H,19,21). The lowest BCUT2D eigenvalue weighted by Crippen LogP contribution is -2.43. The lowest BCUT2D eigenvalue weighted by molar-refractivity contribution is -0.151. The molecule has 1 aromatic rings. The minimum absolute atomic E-state index is 0.0195. The molecule has 2 atom stereocenters. The molecular formula is C18H24N2O7S2. The monoisotopic (exact) mass is 444 g/mol. The van der Waals surface area contributed by atoms with Crippen LogP contribution in [0, 0.1) is 6.92 Å². The molecule has 2 unspecified atom stereocenters. The quantitative estimate of drug-likeness (QED) is 0.612.